The number of rotatable bonds is 9. The van der Waals surface area contributed by atoms with Crippen molar-refractivity contribution in [3.63, 3.8) is 0 Å². The average molecular weight is 298 g/mol. The average Bonchev–Trinajstić information content (AvgIpc) is 2.43. The zero-order valence-corrected chi connectivity index (χ0v) is 13.4. The molecule has 2 amide bonds. The van der Waals surface area contributed by atoms with E-state index in [9.17, 15) is 9.59 Å². The van der Waals surface area contributed by atoms with Gasteiger partial charge >= 0.3 is 0 Å². The van der Waals surface area contributed by atoms with Gasteiger partial charge < -0.3 is 20.9 Å². The van der Waals surface area contributed by atoms with Gasteiger partial charge in [0, 0.05) is 19.5 Å². The number of carbonyl (C=O) groups excluding carboxylic acids is 2. The number of hydrogen-bond acceptors (Lipinski definition) is 4. The highest BCUT2D eigenvalue weighted by Gasteiger charge is 2.22. The summed E-state index contributed by atoms with van der Waals surface area (Å²) in [4.78, 5) is 26.9. The maximum absolute atomic E-state index is 12.2. The molecule has 0 aromatic heterocycles. The van der Waals surface area contributed by atoms with Crippen LogP contribution in [0.15, 0.2) is 0 Å². The van der Waals surface area contributed by atoms with Crippen molar-refractivity contribution < 1.29 is 9.59 Å². The fraction of sp³-hybridized carbons (Fsp3) is 0.867. The van der Waals surface area contributed by atoms with Crippen LogP contribution < -0.4 is 11.1 Å². The van der Waals surface area contributed by atoms with Crippen molar-refractivity contribution in [3.05, 3.63) is 0 Å². The maximum atomic E-state index is 12.2. The highest BCUT2D eigenvalue weighted by atomic mass is 16.2. The van der Waals surface area contributed by atoms with Gasteiger partial charge in [-0.15, -0.1) is 0 Å². The molecule has 3 N–H and O–H groups in total. The molecule has 1 aliphatic heterocycles. The van der Waals surface area contributed by atoms with Crippen LogP contribution in [0.4, 0.5) is 0 Å². The van der Waals surface area contributed by atoms with Crippen LogP contribution in [-0.4, -0.2) is 68.4 Å². The first-order chi connectivity index (χ1) is 9.99. The van der Waals surface area contributed by atoms with E-state index in [1.807, 2.05) is 19.0 Å². The fourth-order valence-corrected chi connectivity index (χ4v) is 2.75. The first kappa shape index (κ1) is 17.9. The Kier molecular flexibility index (Phi) is 8.30. The van der Waals surface area contributed by atoms with E-state index >= 15 is 0 Å². The molecule has 1 unspecified atom stereocenters. The molecule has 1 rings (SSSR count). The number of nitrogens with one attached hydrogen (secondary N) is 1. The van der Waals surface area contributed by atoms with E-state index in [2.05, 4.69) is 10.2 Å². The SMILES string of the molecule is CN(C)CCCC(=O)N1CCCC(CCNCC(N)=O)C1. The highest BCUT2D eigenvalue weighted by molar-refractivity contribution is 5.76. The second-order valence-corrected chi connectivity index (χ2v) is 6.19. The Morgan fingerprint density at radius 2 is 2.14 bits per heavy atom. The molecular weight excluding hydrogens is 268 g/mol. The van der Waals surface area contributed by atoms with Gasteiger partial charge in [-0.2, -0.15) is 0 Å². The van der Waals surface area contributed by atoms with E-state index in [0.717, 1.165) is 45.4 Å². The van der Waals surface area contributed by atoms with Crippen molar-refractivity contribution in [2.75, 3.05) is 46.8 Å². The zero-order chi connectivity index (χ0) is 15.7. The van der Waals surface area contributed by atoms with Crippen LogP contribution in [0.2, 0.25) is 0 Å². The molecule has 0 aromatic rings. The first-order valence-corrected chi connectivity index (χ1v) is 7.90. The molecule has 0 spiro atoms. The van der Waals surface area contributed by atoms with Crippen LogP contribution in [0.1, 0.15) is 32.1 Å². The first-order valence-electron chi connectivity index (χ1n) is 7.90. The summed E-state index contributed by atoms with van der Waals surface area (Å²) in [7, 11) is 4.06. The largest absolute Gasteiger partial charge is 0.369 e. The Labute approximate surface area is 128 Å². The fourth-order valence-electron chi connectivity index (χ4n) is 2.75. The van der Waals surface area contributed by atoms with Crippen LogP contribution >= 0.6 is 0 Å². The summed E-state index contributed by atoms with van der Waals surface area (Å²) in [6, 6.07) is 0. The normalized spacial score (nSPS) is 19.0. The molecule has 0 bridgehead atoms. The quantitative estimate of drug-likeness (QED) is 0.589. The van der Waals surface area contributed by atoms with Gasteiger partial charge in [-0.25, -0.2) is 0 Å². The third-order valence-corrected chi connectivity index (χ3v) is 3.90. The molecule has 1 heterocycles. The number of piperidine rings is 1. The van der Waals surface area contributed by atoms with Gasteiger partial charge in [0.1, 0.15) is 0 Å². The minimum Gasteiger partial charge on any atom is -0.369 e. The highest BCUT2D eigenvalue weighted by Crippen LogP contribution is 2.20. The molecule has 21 heavy (non-hydrogen) atoms. The summed E-state index contributed by atoms with van der Waals surface area (Å²) in [5, 5.41) is 3.04. The maximum Gasteiger partial charge on any atom is 0.231 e. The Balaban J connectivity index is 2.21. The van der Waals surface area contributed by atoms with Crippen molar-refractivity contribution in [2.24, 2.45) is 11.7 Å². The molecular formula is C15H30N4O2. The molecule has 0 radical (unpaired) electrons. The second kappa shape index (κ2) is 9.73. The van der Waals surface area contributed by atoms with Crippen LogP contribution in [0.5, 0.6) is 0 Å². The Morgan fingerprint density at radius 3 is 2.81 bits per heavy atom. The smallest absolute Gasteiger partial charge is 0.231 e. The lowest BCUT2D eigenvalue weighted by molar-refractivity contribution is -0.133. The van der Waals surface area contributed by atoms with Crippen molar-refractivity contribution in [3.8, 4) is 0 Å². The number of hydrogen-bond donors (Lipinski definition) is 2. The molecule has 0 aromatic carbocycles. The predicted molar refractivity (Wildman–Crippen MR) is 83.8 cm³/mol. The van der Waals surface area contributed by atoms with Crippen LogP contribution in [-0.2, 0) is 9.59 Å². The summed E-state index contributed by atoms with van der Waals surface area (Å²) in [6.45, 7) is 3.74. The topological polar surface area (TPSA) is 78.7 Å². The minimum absolute atomic E-state index is 0.236. The van der Waals surface area contributed by atoms with Gasteiger partial charge in [0.25, 0.3) is 0 Å². The van der Waals surface area contributed by atoms with Crippen LogP contribution in [0.25, 0.3) is 0 Å². The summed E-state index contributed by atoms with van der Waals surface area (Å²) < 4.78 is 0. The van der Waals surface area contributed by atoms with Crippen LogP contribution in [0, 0.1) is 5.92 Å². The van der Waals surface area contributed by atoms with E-state index in [0.29, 0.717) is 12.3 Å². The molecule has 1 atom stereocenters. The molecule has 1 aliphatic rings. The number of carbonyl (C=O) groups is 2. The Morgan fingerprint density at radius 1 is 1.38 bits per heavy atom. The van der Waals surface area contributed by atoms with E-state index in [1.165, 1.54) is 6.42 Å². The lowest BCUT2D eigenvalue weighted by Crippen LogP contribution is -2.41. The summed E-state index contributed by atoms with van der Waals surface area (Å²) >= 11 is 0. The second-order valence-electron chi connectivity index (χ2n) is 6.19. The molecule has 0 saturated carbocycles. The molecule has 6 heteroatoms. The van der Waals surface area contributed by atoms with Crippen molar-refractivity contribution in [1.29, 1.82) is 0 Å². The van der Waals surface area contributed by atoms with E-state index in [4.69, 9.17) is 5.73 Å². The molecule has 1 saturated heterocycles. The standard InChI is InChI=1S/C15H30N4O2/c1-18(2)9-4-6-15(21)19-10-3-5-13(12-19)7-8-17-11-14(16)20/h13,17H,3-12H2,1-2H3,(H2,16,20). The van der Waals surface area contributed by atoms with Gasteiger partial charge in [-0.1, -0.05) is 0 Å². The Hall–Kier alpha value is -1.14. The number of likely N-dealkylation sites (tertiary alicyclic amines) is 1. The van der Waals surface area contributed by atoms with Gasteiger partial charge in [0.2, 0.25) is 11.8 Å². The monoisotopic (exact) mass is 298 g/mol. The lowest BCUT2D eigenvalue weighted by Gasteiger charge is -2.33. The van der Waals surface area contributed by atoms with Gasteiger partial charge in [0.15, 0.2) is 0 Å². The van der Waals surface area contributed by atoms with Crippen LogP contribution in [0.3, 0.4) is 0 Å². The number of nitrogens with zero attached hydrogens (tertiary/aromatic N) is 2. The molecule has 0 aliphatic carbocycles. The van der Waals surface area contributed by atoms with Gasteiger partial charge in [-0.05, 0) is 58.8 Å². The summed E-state index contributed by atoms with van der Waals surface area (Å²) in [5.41, 5.74) is 5.08. The van der Waals surface area contributed by atoms with Gasteiger partial charge in [0.05, 0.1) is 6.54 Å². The number of amides is 2. The van der Waals surface area contributed by atoms with Crippen molar-refractivity contribution in [1.82, 2.24) is 15.1 Å². The zero-order valence-electron chi connectivity index (χ0n) is 13.4. The van der Waals surface area contributed by atoms with E-state index < -0.39 is 0 Å². The lowest BCUT2D eigenvalue weighted by atomic mass is 9.94. The third-order valence-electron chi connectivity index (χ3n) is 3.90. The van der Waals surface area contributed by atoms with E-state index in [-0.39, 0.29) is 18.4 Å². The number of primary amides is 1. The Bertz CT molecular complexity index is 334. The van der Waals surface area contributed by atoms with Crippen molar-refractivity contribution in [2.45, 2.75) is 32.1 Å². The molecule has 6 nitrogen and oxygen atoms in total. The van der Waals surface area contributed by atoms with E-state index in [1.54, 1.807) is 0 Å². The third kappa shape index (κ3) is 8.02. The van der Waals surface area contributed by atoms with Crippen molar-refractivity contribution >= 4 is 11.8 Å². The molecule has 1 fully saturated rings. The predicted octanol–water partition coefficient (Wildman–Crippen LogP) is 0.0318. The number of nitrogens with two attached hydrogens (primary N) is 1. The summed E-state index contributed by atoms with van der Waals surface area (Å²) in [5.74, 6) is 0.500. The minimum atomic E-state index is -0.323. The van der Waals surface area contributed by atoms with Gasteiger partial charge in [-0.3, -0.25) is 9.59 Å². The molecule has 122 valence electrons. The summed E-state index contributed by atoms with van der Waals surface area (Å²) in [6.07, 6.45) is 4.81.